The van der Waals surface area contributed by atoms with Crippen LogP contribution in [-0.2, 0) is 14.3 Å². The number of nitro benzene ring substituents is 1. The number of nitrogens with zero attached hydrogens (tertiary/aromatic N) is 1. The molecule has 0 aliphatic heterocycles. The minimum Gasteiger partial charge on any atom is -0.462 e. The number of carbonyl (C=O) groups excluding carboxylic acids is 3. The first-order chi connectivity index (χ1) is 15.5. The summed E-state index contributed by atoms with van der Waals surface area (Å²) in [4.78, 5) is 47.5. The van der Waals surface area contributed by atoms with Gasteiger partial charge in [0.15, 0.2) is 6.61 Å². The number of anilines is 1. The molecule has 1 amide bonds. The van der Waals surface area contributed by atoms with Gasteiger partial charge in [-0.15, -0.1) is 0 Å². The number of benzene rings is 2. The van der Waals surface area contributed by atoms with E-state index in [0.717, 1.165) is 29.3 Å². The number of non-ortho nitro benzene ring substituents is 1. The van der Waals surface area contributed by atoms with Gasteiger partial charge in [-0.3, -0.25) is 14.9 Å². The maximum absolute atomic E-state index is 12.6. The zero-order chi connectivity index (χ0) is 24.7. The van der Waals surface area contributed by atoms with Crippen molar-refractivity contribution in [1.82, 2.24) is 0 Å². The van der Waals surface area contributed by atoms with Crippen molar-refractivity contribution in [3.8, 4) is 0 Å². The predicted molar refractivity (Wildman–Crippen MR) is 123 cm³/mol. The van der Waals surface area contributed by atoms with Gasteiger partial charge in [0.25, 0.3) is 11.6 Å². The summed E-state index contributed by atoms with van der Waals surface area (Å²) in [7, 11) is 0. The third kappa shape index (κ3) is 6.61. The number of para-hydroxylation sites is 1. The van der Waals surface area contributed by atoms with Crippen molar-refractivity contribution in [1.29, 1.82) is 0 Å². The fourth-order valence-electron chi connectivity index (χ4n) is 3.25. The SMILES string of the molecule is CCOC(=O)c1cc(C(=O)OCC(=O)Nc2c(C(C)C)cccc2C(C)C)cc([N+](=O)[O-])c1. The lowest BCUT2D eigenvalue weighted by Crippen LogP contribution is -2.23. The molecule has 2 aromatic carbocycles. The van der Waals surface area contributed by atoms with Crippen molar-refractivity contribution >= 4 is 29.2 Å². The van der Waals surface area contributed by atoms with E-state index < -0.39 is 35.1 Å². The molecule has 2 aromatic rings. The Morgan fingerprint density at radius 2 is 1.45 bits per heavy atom. The van der Waals surface area contributed by atoms with Crippen LogP contribution in [0.25, 0.3) is 0 Å². The van der Waals surface area contributed by atoms with Crippen molar-refractivity contribution in [3.63, 3.8) is 0 Å². The third-order valence-electron chi connectivity index (χ3n) is 4.85. The molecule has 0 aliphatic rings. The molecule has 9 nitrogen and oxygen atoms in total. The lowest BCUT2D eigenvalue weighted by Gasteiger charge is -2.20. The zero-order valence-corrected chi connectivity index (χ0v) is 19.3. The Morgan fingerprint density at radius 3 is 1.91 bits per heavy atom. The molecule has 0 unspecified atom stereocenters. The summed E-state index contributed by atoms with van der Waals surface area (Å²) in [5, 5.41) is 14.0. The number of amides is 1. The van der Waals surface area contributed by atoms with Crippen LogP contribution in [0.15, 0.2) is 36.4 Å². The molecule has 33 heavy (non-hydrogen) atoms. The van der Waals surface area contributed by atoms with Crippen molar-refractivity contribution in [3.05, 3.63) is 68.8 Å². The van der Waals surface area contributed by atoms with Gasteiger partial charge in [0.05, 0.1) is 22.7 Å². The van der Waals surface area contributed by atoms with Crippen LogP contribution in [0.2, 0.25) is 0 Å². The van der Waals surface area contributed by atoms with Crippen LogP contribution >= 0.6 is 0 Å². The number of hydrogen-bond donors (Lipinski definition) is 1. The normalized spacial score (nSPS) is 10.8. The average Bonchev–Trinajstić information content (AvgIpc) is 2.77. The standard InChI is InChI=1S/C24H28N2O7/c1-6-32-23(28)16-10-17(12-18(11-16)26(30)31)24(29)33-13-21(27)25-22-19(14(2)3)8-7-9-20(22)15(4)5/h7-12,14-15H,6,13H2,1-5H3,(H,25,27). The van der Waals surface area contributed by atoms with Gasteiger partial charge < -0.3 is 14.8 Å². The van der Waals surface area contributed by atoms with Gasteiger partial charge in [-0.05, 0) is 36.0 Å². The molecule has 0 aliphatic carbocycles. The number of hydrogen-bond acceptors (Lipinski definition) is 7. The Morgan fingerprint density at radius 1 is 0.939 bits per heavy atom. The van der Waals surface area contributed by atoms with E-state index in [9.17, 15) is 24.5 Å². The maximum Gasteiger partial charge on any atom is 0.338 e. The zero-order valence-electron chi connectivity index (χ0n) is 19.3. The summed E-state index contributed by atoms with van der Waals surface area (Å²) in [5.41, 5.74) is 1.74. The molecule has 0 radical (unpaired) electrons. The molecule has 0 saturated heterocycles. The van der Waals surface area contributed by atoms with Crippen molar-refractivity contribution in [2.75, 3.05) is 18.5 Å². The topological polar surface area (TPSA) is 125 Å². The molecular formula is C24H28N2O7. The van der Waals surface area contributed by atoms with Gasteiger partial charge in [-0.25, -0.2) is 9.59 Å². The Bertz CT molecular complexity index is 1030. The molecule has 0 fully saturated rings. The Hall–Kier alpha value is -3.75. The van der Waals surface area contributed by atoms with E-state index in [-0.39, 0.29) is 29.6 Å². The summed E-state index contributed by atoms with van der Waals surface area (Å²) in [6.45, 7) is 9.11. The fraction of sp³-hybridized carbons (Fsp3) is 0.375. The second-order valence-corrected chi connectivity index (χ2v) is 7.99. The van der Waals surface area contributed by atoms with Crippen LogP contribution in [0.5, 0.6) is 0 Å². The smallest absolute Gasteiger partial charge is 0.338 e. The lowest BCUT2D eigenvalue weighted by atomic mass is 9.92. The van der Waals surface area contributed by atoms with Gasteiger partial charge in [-0.1, -0.05) is 45.9 Å². The van der Waals surface area contributed by atoms with Gasteiger partial charge in [0.1, 0.15) is 0 Å². The highest BCUT2D eigenvalue weighted by Crippen LogP contribution is 2.32. The predicted octanol–water partition coefficient (Wildman–Crippen LogP) is 4.81. The van der Waals surface area contributed by atoms with E-state index in [4.69, 9.17) is 9.47 Å². The summed E-state index contributed by atoms with van der Waals surface area (Å²) in [6.07, 6.45) is 0. The van der Waals surface area contributed by atoms with Crippen LogP contribution in [0.3, 0.4) is 0 Å². The second kappa shape index (κ2) is 11.2. The first kappa shape index (κ1) is 25.5. The molecule has 1 N–H and O–H groups in total. The Labute approximate surface area is 192 Å². The van der Waals surface area contributed by atoms with Crippen molar-refractivity contribution in [2.45, 2.75) is 46.5 Å². The lowest BCUT2D eigenvalue weighted by molar-refractivity contribution is -0.384. The van der Waals surface area contributed by atoms with Gasteiger partial charge in [-0.2, -0.15) is 0 Å². The van der Waals surface area contributed by atoms with Crippen LogP contribution in [0.1, 0.15) is 78.3 Å². The van der Waals surface area contributed by atoms with E-state index in [1.165, 1.54) is 0 Å². The second-order valence-electron chi connectivity index (χ2n) is 7.99. The van der Waals surface area contributed by atoms with Crippen LogP contribution in [0, 0.1) is 10.1 Å². The summed E-state index contributed by atoms with van der Waals surface area (Å²) in [6, 6.07) is 8.92. The summed E-state index contributed by atoms with van der Waals surface area (Å²) < 4.78 is 9.91. The number of carbonyl (C=O) groups is 3. The largest absolute Gasteiger partial charge is 0.462 e. The van der Waals surface area contributed by atoms with Gasteiger partial charge in [0.2, 0.25) is 0 Å². The van der Waals surface area contributed by atoms with Crippen LogP contribution < -0.4 is 5.32 Å². The maximum atomic E-state index is 12.6. The number of ether oxygens (including phenoxy) is 2. The minimum absolute atomic E-state index is 0.0672. The highest BCUT2D eigenvalue weighted by Gasteiger charge is 2.21. The molecular weight excluding hydrogens is 428 g/mol. The molecule has 0 bridgehead atoms. The Balaban J connectivity index is 2.20. The quantitative estimate of drug-likeness (QED) is 0.326. The minimum atomic E-state index is -0.972. The Kier molecular flexibility index (Phi) is 8.67. The first-order valence-corrected chi connectivity index (χ1v) is 10.6. The molecule has 176 valence electrons. The van der Waals surface area contributed by atoms with Crippen LogP contribution in [0.4, 0.5) is 11.4 Å². The highest BCUT2D eigenvalue weighted by atomic mass is 16.6. The van der Waals surface area contributed by atoms with Gasteiger partial charge >= 0.3 is 11.9 Å². The summed E-state index contributed by atoms with van der Waals surface area (Å²) >= 11 is 0. The number of nitrogens with one attached hydrogen (secondary N) is 1. The number of esters is 2. The van der Waals surface area contributed by atoms with Crippen molar-refractivity contribution in [2.24, 2.45) is 0 Å². The van der Waals surface area contributed by atoms with E-state index in [1.54, 1.807) is 6.92 Å². The molecule has 0 saturated carbocycles. The molecule has 2 rings (SSSR count). The first-order valence-electron chi connectivity index (χ1n) is 10.6. The fourth-order valence-corrected chi connectivity index (χ4v) is 3.25. The summed E-state index contributed by atoms with van der Waals surface area (Å²) in [5.74, 6) is -2.00. The van der Waals surface area contributed by atoms with Crippen LogP contribution in [-0.4, -0.2) is 36.0 Å². The van der Waals surface area contributed by atoms with Gasteiger partial charge in [0, 0.05) is 17.8 Å². The van der Waals surface area contributed by atoms with E-state index in [1.807, 2.05) is 45.9 Å². The molecule has 0 atom stereocenters. The highest BCUT2D eigenvalue weighted by molar-refractivity contribution is 5.99. The number of nitro groups is 1. The van der Waals surface area contributed by atoms with Crippen molar-refractivity contribution < 1.29 is 28.8 Å². The molecule has 9 heteroatoms. The average molecular weight is 456 g/mol. The third-order valence-corrected chi connectivity index (χ3v) is 4.85. The molecule has 0 aromatic heterocycles. The molecule has 0 spiro atoms. The number of rotatable bonds is 9. The van der Waals surface area contributed by atoms with E-state index in [2.05, 4.69) is 5.32 Å². The van der Waals surface area contributed by atoms with E-state index >= 15 is 0 Å². The van der Waals surface area contributed by atoms with E-state index in [0.29, 0.717) is 5.69 Å². The molecule has 0 heterocycles. The monoisotopic (exact) mass is 456 g/mol.